The number of benzene rings is 4. The van der Waals surface area contributed by atoms with Gasteiger partial charge in [0.25, 0.3) is 0 Å². The van der Waals surface area contributed by atoms with Crippen LogP contribution in [0.5, 0.6) is 11.5 Å². The maximum Gasteiger partial charge on any atom is 0.495 e. The van der Waals surface area contributed by atoms with Crippen molar-refractivity contribution in [1.29, 1.82) is 0 Å². The van der Waals surface area contributed by atoms with Crippen molar-refractivity contribution in [3.8, 4) is 11.5 Å². The number of hydrogen-bond acceptors (Lipinski definition) is 3. The first-order valence-corrected chi connectivity index (χ1v) is 9.80. The van der Waals surface area contributed by atoms with Gasteiger partial charge in [-0.3, -0.25) is 0 Å². The van der Waals surface area contributed by atoms with Gasteiger partial charge in [0.05, 0.1) is 11.2 Å². The summed E-state index contributed by atoms with van der Waals surface area (Å²) in [5.41, 5.74) is 0.319. The second-order valence-corrected chi connectivity index (χ2v) is 8.85. The second kappa shape index (κ2) is 5.08. The Labute approximate surface area is 164 Å². The molecule has 0 spiro atoms. The Balaban J connectivity index is 1.69. The molecule has 0 aliphatic carbocycles. The third-order valence-electron chi connectivity index (χ3n) is 6.69. The number of ether oxygens (including phenoxy) is 1. The van der Waals surface area contributed by atoms with E-state index in [4.69, 9.17) is 14.0 Å². The highest BCUT2D eigenvalue weighted by molar-refractivity contribution is 6.65. The Bertz CT molecular complexity index is 1290. The summed E-state index contributed by atoms with van der Waals surface area (Å²) in [7, 11) is -0.395. The van der Waals surface area contributed by atoms with Crippen LogP contribution in [0.1, 0.15) is 27.7 Å². The summed E-state index contributed by atoms with van der Waals surface area (Å²) in [5, 5.41) is 7.14. The van der Waals surface area contributed by atoms with Crippen LogP contribution in [0.2, 0.25) is 0 Å². The van der Waals surface area contributed by atoms with Crippen LogP contribution in [0.15, 0.2) is 54.6 Å². The Hall–Kier alpha value is -2.56. The van der Waals surface area contributed by atoms with E-state index in [-0.39, 0.29) is 11.2 Å². The molecule has 0 aromatic heterocycles. The van der Waals surface area contributed by atoms with Gasteiger partial charge in [-0.15, -0.1) is 0 Å². The fraction of sp³-hybridized carbons (Fsp3) is 0.250. The fourth-order valence-corrected chi connectivity index (χ4v) is 4.46. The van der Waals surface area contributed by atoms with Crippen LogP contribution >= 0.6 is 0 Å². The fourth-order valence-electron chi connectivity index (χ4n) is 4.46. The van der Waals surface area contributed by atoms with Gasteiger partial charge in [-0.1, -0.05) is 42.5 Å². The van der Waals surface area contributed by atoms with E-state index in [1.165, 1.54) is 21.5 Å². The molecule has 1 saturated heterocycles. The largest absolute Gasteiger partial charge is 0.495 e. The van der Waals surface area contributed by atoms with Crippen molar-refractivity contribution in [2.75, 3.05) is 0 Å². The van der Waals surface area contributed by atoms with Crippen LogP contribution < -0.4 is 10.2 Å². The molecule has 3 nitrogen and oxygen atoms in total. The molecule has 1 fully saturated rings. The van der Waals surface area contributed by atoms with E-state index in [0.29, 0.717) is 0 Å². The molecule has 4 aromatic carbocycles. The van der Waals surface area contributed by atoms with Gasteiger partial charge in [0.2, 0.25) is 0 Å². The lowest BCUT2D eigenvalue weighted by atomic mass is 9.75. The van der Waals surface area contributed by atoms with Crippen LogP contribution in [0.25, 0.3) is 32.3 Å². The molecule has 2 aliphatic heterocycles. The molecule has 4 aromatic rings. The zero-order chi connectivity index (χ0) is 19.3. The molecule has 4 heteroatoms. The molecule has 0 radical (unpaired) electrons. The van der Waals surface area contributed by atoms with Gasteiger partial charge in [-0.25, -0.2) is 0 Å². The maximum absolute atomic E-state index is 6.35. The predicted octanol–water partition coefficient (Wildman–Crippen LogP) is 5.55. The van der Waals surface area contributed by atoms with Crippen LogP contribution in [0.4, 0.5) is 0 Å². The van der Waals surface area contributed by atoms with E-state index >= 15 is 0 Å². The molecule has 6 rings (SSSR count). The smallest absolute Gasteiger partial charge is 0.456 e. The van der Waals surface area contributed by atoms with Gasteiger partial charge in [-0.2, -0.15) is 0 Å². The van der Waals surface area contributed by atoms with Crippen LogP contribution in [-0.4, -0.2) is 18.3 Å². The summed E-state index contributed by atoms with van der Waals surface area (Å²) < 4.78 is 19.0. The van der Waals surface area contributed by atoms with Crippen molar-refractivity contribution in [2.45, 2.75) is 38.9 Å². The Morgan fingerprint density at radius 1 is 0.643 bits per heavy atom. The first-order valence-electron chi connectivity index (χ1n) is 9.80. The summed E-state index contributed by atoms with van der Waals surface area (Å²) in [6.07, 6.45) is 0. The van der Waals surface area contributed by atoms with E-state index in [1.54, 1.807) is 0 Å². The highest BCUT2D eigenvalue weighted by Gasteiger charge is 2.52. The van der Waals surface area contributed by atoms with Crippen molar-refractivity contribution >= 4 is 44.9 Å². The minimum atomic E-state index is -0.395. The predicted molar refractivity (Wildman–Crippen MR) is 115 cm³/mol. The van der Waals surface area contributed by atoms with Crippen LogP contribution in [0, 0.1) is 0 Å². The van der Waals surface area contributed by atoms with Gasteiger partial charge in [-0.05, 0) is 61.4 Å². The standard InChI is InChI=1S/C24H21BO3/c1-23(2)24(3,4)28-25(27-23)17-12-13-19-22-16(17)11-10-15-9-8-14-6-5-7-18(26-19)20(14)21(15)22/h5-13H,1-4H3. The number of rotatable bonds is 1. The molecule has 0 N–H and O–H groups in total. The normalized spacial score (nSPS) is 19.2. The van der Waals surface area contributed by atoms with E-state index in [2.05, 4.69) is 70.2 Å². The molecular formula is C24H21BO3. The SMILES string of the molecule is CC1(C)OB(c2ccc3c4c2ccc2ccc5cccc(c5c24)O3)OC1(C)C. The van der Waals surface area contributed by atoms with E-state index in [0.717, 1.165) is 27.7 Å². The Morgan fingerprint density at radius 2 is 1.29 bits per heavy atom. The summed E-state index contributed by atoms with van der Waals surface area (Å²) in [5.74, 6) is 1.82. The molecule has 0 atom stereocenters. The van der Waals surface area contributed by atoms with Crippen molar-refractivity contribution < 1.29 is 14.0 Å². The topological polar surface area (TPSA) is 27.7 Å². The van der Waals surface area contributed by atoms with Gasteiger partial charge in [0.1, 0.15) is 11.5 Å². The second-order valence-electron chi connectivity index (χ2n) is 8.85. The summed E-state index contributed by atoms with van der Waals surface area (Å²) in [4.78, 5) is 0. The average Bonchev–Trinajstić information content (AvgIpc) is 2.88. The molecule has 28 heavy (non-hydrogen) atoms. The van der Waals surface area contributed by atoms with Crippen molar-refractivity contribution in [1.82, 2.24) is 0 Å². The molecule has 2 heterocycles. The lowest BCUT2D eigenvalue weighted by Crippen LogP contribution is -2.41. The Kier molecular flexibility index (Phi) is 2.97. The van der Waals surface area contributed by atoms with E-state index in [1.807, 2.05) is 12.1 Å². The van der Waals surface area contributed by atoms with Gasteiger partial charge >= 0.3 is 7.12 Å². The van der Waals surface area contributed by atoms with E-state index in [9.17, 15) is 0 Å². The highest BCUT2D eigenvalue weighted by Crippen LogP contribution is 2.46. The van der Waals surface area contributed by atoms with Gasteiger partial charge < -0.3 is 14.0 Å². The van der Waals surface area contributed by atoms with Crippen molar-refractivity contribution in [3.63, 3.8) is 0 Å². The monoisotopic (exact) mass is 368 g/mol. The lowest BCUT2D eigenvalue weighted by molar-refractivity contribution is 0.00578. The van der Waals surface area contributed by atoms with E-state index < -0.39 is 7.12 Å². The van der Waals surface area contributed by atoms with Crippen molar-refractivity contribution in [3.05, 3.63) is 54.6 Å². The Morgan fingerprint density at radius 3 is 2.04 bits per heavy atom. The molecule has 0 amide bonds. The molecule has 0 bridgehead atoms. The first-order chi connectivity index (χ1) is 13.4. The van der Waals surface area contributed by atoms with Crippen LogP contribution in [0.3, 0.4) is 0 Å². The molecular weight excluding hydrogens is 347 g/mol. The third kappa shape index (κ3) is 1.97. The zero-order valence-corrected chi connectivity index (χ0v) is 16.5. The van der Waals surface area contributed by atoms with Gasteiger partial charge in [0.15, 0.2) is 0 Å². The zero-order valence-electron chi connectivity index (χ0n) is 16.5. The number of hydrogen-bond donors (Lipinski definition) is 0. The minimum Gasteiger partial charge on any atom is -0.456 e. The third-order valence-corrected chi connectivity index (χ3v) is 6.69. The quantitative estimate of drug-likeness (QED) is 0.287. The molecule has 0 saturated carbocycles. The highest BCUT2D eigenvalue weighted by atomic mass is 16.7. The van der Waals surface area contributed by atoms with Crippen molar-refractivity contribution in [2.24, 2.45) is 0 Å². The first kappa shape index (κ1) is 16.4. The summed E-state index contributed by atoms with van der Waals surface area (Å²) >= 11 is 0. The minimum absolute atomic E-state index is 0.368. The summed E-state index contributed by atoms with van der Waals surface area (Å²) in [6, 6.07) is 19.1. The van der Waals surface area contributed by atoms with Crippen LogP contribution in [-0.2, 0) is 9.31 Å². The average molecular weight is 368 g/mol. The lowest BCUT2D eigenvalue weighted by Gasteiger charge is -2.32. The van der Waals surface area contributed by atoms with Gasteiger partial charge in [0, 0.05) is 16.2 Å². The maximum atomic E-state index is 6.35. The summed E-state index contributed by atoms with van der Waals surface area (Å²) in [6.45, 7) is 8.35. The molecule has 0 unspecified atom stereocenters. The molecule has 138 valence electrons. The molecule has 2 aliphatic rings.